The van der Waals surface area contributed by atoms with Gasteiger partial charge in [-0.2, -0.15) is 11.8 Å². The lowest BCUT2D eigenvalue weighted by Gasteiger charge is -2.09. The molecule has 1 fully saturated rings. The van der Waals surface area contributed by atoms with Gasteiger partial charge in [-0.15, -0.1) is 0 Å². The third-order valence-electron chi connectivity index (χ3n) is 2.18. The minimum absolute atomic E-state index is 0.335. The van der Waals surface area contributed by atoms with Crippen molar-refractivity contribution in [3.8, 4) is 0 Å². The van der Waals surface area contributed by atoms with Gasteiger partial charge in [0.25, 0.3) is 0 Å². The molecule has 0 radical (unpaired) electrons. The first-order chi connectivity index (χ1) is 6.54. The van der Waals surface area contributed by atoms with Crippen LogP contribution in [0, 0.1) is 5.92 Å². The summed E-state index contributed by atoms with van der Waals surface area (Å²) in [5, 5.41) is -0.639. The quantitative estimate of drug-likeness (QED) is 0.354. The number of rotatable bonds is 2. The maximum Gasteiger partial charge on any atom is 0.319 e. The molecule has 0 saturated carbocycles. The molecule has 2 amide bonds. The van der Waals surface area contributed by atoms with Gasteiger partial charge >= 0.3 is 5.97 Å². The van der Waals surface area contributed by atoms with Gasteiger partial charge in [-0.1, -0.05) is 0 Å². The van der Waals surface area contributed by atoms with E-state index in [1.54, 1.807) is 6.26 Å². The van der Waals surface area contributed by atoms with Crippen LogP contribution in [-0.4, -0.2) is 48.3 Å². The second kappa shape index (κ2) is 4.00. The standard InChI is InChI=1S/C8H11NO4S/c1-9-6(10)4(8(12)13-2)5(14-3)7(9)11/h4-5H,1-3H3/t4-,5+/m1/s1. The summed E-state index contributed by atoms with van der Waals surface area (Å²) in [4.78, 5) is 35.2. The van der Waals surface area contributed by atoms with Gasteiger partial charge in [0.05, 0.1) is 7.11 Å². The van der Waals surface area contributed by atoms with Crippen molar-refractivity contribution in [2.75, 3.05) is 20.4 Å². The number of ether oxygens (including phenoxy) is 1. The molecule has 1 aliphatic heterocycles. The van der Waals surface area contributed by atoms with Gasteiger partial charge in [-0.25, -0.2) is 0 Å². The van der Waals surface area contributed by atoms with Crippen molar-refractivity contribution in [1.82, 2.24) is 4.90 Å². The number of esters is 1. The van der Waals surface area contributed by atoms with E-state index in [9.17, 15) is 14.4 Å². The second-order valence-corrected chi connectivity index (χ2v) is 3.87. The van der Waals surface area contributed by atoms with E-state index in [1.807, 2.05) is 0 Å². The molecule has 78 valence electrons. The fourth-order valence-electron chi connectivity index (χ4n) is 1.37. The molecule has 0 spiro atoms. The Balaban J connectivity index is 2.98. The summed E-state index contributed by atoms with van der Waals surface area (Å²) in [6.07, 6.45) is 1.69. The number of nitrogens with zero attached hydrogens (tertiary/aromatic N) is 1. The number of carbonyl (C=O) groups is 3. The number of methoxy groups -OCH3 is 1. The first kappa shape index (κ1) is 11.0. The number of carbonyl (C=O) groups excluding carboxylic acids is 3. The largest absolute Gasteiger partial charge is 0.468 e. The van der Waals surface area contributed by atoms with Crippen molar-refractivity contribution in [2.24, 2.45) is 5.92 Å². The van der Waals surface area contributed by atoms with Gasteiger partial charge in [0.15, 0.2) is 5.92 Å². The van der Waals surface area contributed by atoms with Crippen LogP contribution in [0.25, 0.3) is 0 Å². The minimum Gasteiger partial charge on any atom is -0.468 e. The zero-order valence-corrected chi connectivity index (χ0v) is 8.96. The Morgan fingerprint density at radius 3 is 2.43 bits per heavy atom. The van der Waals surface area contributed by atoms with E-state index in [0.29, 0.717) is 0 Å². The van der Waals surface area contributed by atoms with E-state index in [-0.39, 0.29) is 5.91 Å². The van der Waals surface area contributed by atoms with Crippen LogP contribution in [0.15, 0.2) is 0 Å². The number of imide groups is 1. The van der Waals surface area contributed by atoms with E-state index < -0.39 is 23.0 Å². The highest BCUT2D eigenvalue weighted by Gasteiger charge is 2.50. The molecule has 5 nitrogen and oxygen atoms in total. The minimum atomic E-state index is -0.979. The molecule has 0 aromatic heterocycles. The SMILES string of the molecule is COC(=O)[C@H]1C(=O)N(C)C(=O)[C@H]1SC. The molecule has 0 N–H and O–H groups in total. The van der Waals surface area contributed by atoms with E-state index in [2.05, 4.69) is 4.74 Å². The summed E-state index contributed by atoms with van der Waals surface area (Å²) in [5.74, 6) is -2.45. The summed E-state index contributed by atoms with van der Waals surface area (Å²) >= 11 is 1.19. The van der Waals surface area contributed by atoms with Crippen LogP contribution in [0.4, 0.5) is 0 Å². The van der Waals surface area contributed by atoms with Crippen LogP contribution < -0.4 is 0 Å². The molecule has 0 aliphatic carbocycles. The van der Waals surface area contributed by atoms with Crippen LogP contribution in [0.5, 0.6) is 0 Å². The molecule has 6 heteroatoms. The Morgan fingerprint density at radius 2 is 2.00 bits per heavy atom. The molecule has 14 heavy (non-hydrogen) atoms. The Hall–Kier alpha value is -1.04. The number of thioether (sulfide) groups is 1. The van der Waals surface area contributed by atoms with Crippen molar-refractivity contribution in [1.29, 1.82) is 0 Å². The van der Waals surface area contributed by atoms with Crippen molar-refractivity contribution in [3.63, 3.8) is 0 Å². The third-order valence-corrected chi connectivity index (χ3v) is 3.16. The van der Waals surface area contributed by atoms with Gasteiger partial charge in [-0.3, -0.25) is 19.3 Å². The predicted molar refractivity (Wildman–Crippen MR) is 50.6 cm³/mol. The molecule has 2 atom stereocenters. The summed E-state index contributed by atoms with van der Waals surface area (Å²) in [7, 11) is 2.58. The molecule has 1 saturated heterocycles. The van der Waals surface area contributed by atoms with E-state index >= 15 is 0 Å². The Morgan fingerprint density at radius 1 is 1.43 bits per heavy atom. The first-order valence-corrected chi connectivity index (χ1v) is 5.25. The average Bonchev–Trinajstić information content (AvgIpc) is 2.41. The monoisotopic (exact) mass is 217 g/mol. The number of hydrogen-bond acceptors (Lipinski definition) is 5. The molecule has 0 unspecified atom stereocenters. The van der Waals surface area contributed by atoms with Gasteiger partial charge in [0, 0.05) is 7.05 Å². The molecule has 1 rings (SSSR count). The predicted octanol–water partition coefficient (Wildman–Crippen LogP) is -0.494. The summed E-state index contributed by atoms with van der Waals surface area (Å²) in [6, 6.07) is 0. The molecule has 1 aliphatic rings. The van der Waals surface area contributed by atoms with Crippen LogP contribution >= 0.6 is 11.8 Å². The Bertz CT molecular complexity index is 291. The number of likely N-dealkylation sites (tertiary alicyclic amines) is 1. The maximum atomic E-state index is 11.5. The van der Waals surface area contributed by atoms with E-state index in [1.165, 1.54) is 25.9 Å². The fraction of sp³-hybridized carbons (Fsp3) is 0.625. The molecule has 0 bridgehead atoms. The topological polar surface area (TPSA) is 63.7 Å². The van der Waals surface area contributed by atoms with E-state index in [0.717, 1.165) is 4.90 Å². The normalized spacial score (nSPS) is 26.9. The Labute approximate surface area is 85.8 Å². The van der Waals surface area contributed by atoms with Gasteiger partial charge in [0.2, 0.25) is 11.8 Å². The van der Waals surface area contributed by atoms with Crippen molar-refractivity contribution >= 4 is 29.5 Å². The highest BCUT2D eigenvalue weighted by Crippen LogP contribution is 2.28. The lowest BCUT2D eigenvalue weighted by Crippen LogP contribution is -2.30. The smallest absolute Gasteiger partial charge is 0.319 e. The molecular formula is C8H11NO4S. The zero-order chi connectivity index (χ0) is 10.9. The fourth-order valence-corrected chi connectivity index (χ4v) is 2.23. The number of amides is 2. The zero-order valence-electron chi connectivity index (χ0n) is 8.14. The highest BCUT2D eigenvalue weighted by molar-refractivity contribution is 8.00. The van der Waals surface area contributed by atoms with Crippen LogP contribution in [0.3, 0.4) is 0 Å². The van der Waals surface area contributed by atoms with Crippen molar-refractivity contribution in [2.45, 2.75) is 5.25 Å². The molecule has 0 aromatic carbocycles. The lowest BCUT2D eigenvalue weighted by atomic mass is 10.1. The second-order valence-electron chi connectivity index (χ2n) is 2.89. The van der Waals surface area contributed by atoms with E-state index in [4.69, 9.17) is 0 Å². The first-order valence-electron chi connectivity index (χ1n) is 3.96. The third kappa shape index (κ3) is 1.50. The maximum absolute atomic E-state index is 11.5. The van der Waals surface area contributed by atoms with Crippen molar-refractivity contribution in [3.05, 3.63) is 0 Å². The van der Waals surface area contributed by atoms with Gasteiger partial charge < -0.3 is 4.74 Å². The summed E-state index contributed by atoms with van der Waals surface area (Å²) in [5.41, 5.74) is 0. The Kier molecular flexibility index (Phi) is 3.15. The van der Waals surface area contributed by atoms with Gasteiger partial charge in [0.1, 0.15) is 5.25 Å². The van der Waals surface area contributed by atoms with Crippen LogP contribution in [0.1, 0.15) is 0 Å². The average molecular weight is 217 g/mol. The van der Waals surface area contributed by atoms with Crippen LogP contribution in [0.2, 0.25) is 0 Å². The molecule has 1 heterocycles. The number of hydrogen-bond donors (Lipinski definition) is 0. The summed E-state index contributed by atoms with van der Waals surface area (Å²) < 4.78 is 4.48. The van der Waals surface area contributed by atoms with Gasteiger partial charge in [-0.05, 0) is 6.26 Å². The highest BCUT2D eigenvalue weighted by atomic mass is 32.2. The molecule has 0 aromatic rings. The van der Waals surface area contributed by atoms with Crippen molar-refractivity contribution < 1.29 is 19.1 Å². The molecular weight excluding hydrogens is 206 g/mol. The summed E-state index contributed by atoms with van der Waals surface area (Å²) in [6.45, 7) is 0. The lowest BCUT2D eigenvalue weighted by molar-refractivity contribution is -0.149. The van der Waals surface area contributed by atoms with Crippen LogP contribution in [-0.2, 0) is 19.1 Å².